The van der Waals surface area contributed by atoms with E-state index < -0.39 is 0 Å². The summed E-state index contributed by atoms with van der Waals surface area (Å²) in [4.78, 5) is 4.69. The minimum atomic E-state index is -0.0909. The minimum Gasteiger partial charge on any atom is -0.496 e. The first-order valence-corrected chi connectivity index (χ1v) is 7.74. The molecular weight excluding hydrogens is 278 g/mol. The second-order valence-corrected chi connectivity index (χ2v) is 6.43. The molecule has 0 radical (unpaired) electrons. The van der Waals surface area contributed by atoms with Gasteiger partial charge in [-0.05, 0) is 32.8 Å². The van der Waals surface area contributed by atoms with Crippen molar-refractivity contribution in [3.63, 3.8) is 0 Å². The third kappa shape index (κ3) is 3.30. The molecule has 1 saturated heterocycles. The molecule has 0 amide bonds. The zero-order valence-electron chi connectivity index (χ0n) is 13.4. The number of para-hydroxylation sites is 1. The molecule has 1 aliphatic rings. The second kappa shape index (κ2) is 6.08. The van der Waals surface area contributed by atoms with E-state index in [1.165, 1.54) is 0 Å². The summed E-state index contributed by atoms with van der Waals surface area (Å²) in [6.45, 7) is 5.02. The Labute approximate surface area is 131 Å². The molecule has 5 heteroatoms. The summed E-state index contributed by atoms with van der Waals surface area (Å²) in [7, 11) is 1.69. The number of ether oxygens (including phenoxy) is 2. The smallest absolute Gasteiger partial charge is 0.153 e. The van der Waals surface area contributed by atoms with E-state index in [0.717, 1.165) is 42.4 Å². The summed E-state index contributed by atoms with van der Waals surface area (Å²) in [5.41, 5.74) is 1.02. The fraction of sp³-hybridized carbons (Fsp3) is 0.529. The Morgan fingerprint density at radius 3 is 2.95 bits per heavy atom. The van der Waals surface area contributed by atoms with Crippen LogP contribution in [-0.4, -0.2) is 34.5 Å². The molecule has 2 aromatic rings. The van der Waals surface area contributed by atoms with Crippen molar-refractivity contribution in [2.45, 2.75) is 44.6 Å². The first-order chi connectivity index (χ1) is 10.6. The van der Waals surface area contributed by atoms with Crippen molar-refractivity contribution in [1.29, 1.82) is 0 Å². The molecule has 1 atom stereocenters. The van der Waals surface area contributed by atoms with Crippen molar-refractivity contribution >= 4 is 0 Å². The molecule has 5 nitrogen and oxygen atoms in total. The maximum absolute atomic E-state index is 5.77. The van der Waals surface area contributed by atoms with Gasteiger partial charge in [0.25, 0.3) is 0 Å². The van der Waals surface area contributed by atoms with E-state index in [1.54, 1.807) is 7.11 Å². The van der Waals surface area contributed by atoms with Crippen LogP contribution < -0.4 is 4.74 Å². The first kappa shape index (κ1) is 15.0. The summed E-state index contributed by atoms with van der Waals surface area (Å²) in [5.74, 6) is 3.03. The molecule has 1 fully saturated rings. The molecule has 1 unspecified atom stereocenters. The lowest BCUT2D eigenvalue weighted by Crippen LogP contribution is -2.33. The Balaban J connectivity index is 1.74. The van der Waals surface area contributed by atoms with Crippen LogP contribution in [0.2, 0.25) is 0 Å². The summed E-state index contributed by atoms with van der Waals surface area (Å²) >= 11 is 0. The van der Waals surface area contributed by atoms with E-state index in [1.807, 2.05) is 18.2 Å². The highest BCUT2D eigenvalue weighted by Gasteiger charge is 2.31. The van der Waals surface area contributed by atoms with Crippen LogP contribution in [0.15, 0.2) is 24.3 Å². The Morgan fingerprint density at radius 1 is 1.36 bits per heavy atom. The summed E-state index contributed by atoms with van der Waals surface area (Å²) in [5, 5.41) is 7.50. The highest BCUT2D eigenvalue weighted by atomic mass is 16.5. The third-order valence-electron chi connectivity index (χ3n) is 4.16. The van der Waals surface area contributed by atoms with Gasteiger partial charge in [-0.1, -0.05) is 18.2 Å². The van der Waals surface area contributed by atoms with Gasteiger partial charge in [0.15, 0.2) is 5.82 Å². The molecule has 0 aliphatic carbocycles. The van der Waals surface area contributed by atoms with Crippen molar-refractivity contribution in [3.05, 3.63) is 41.5 Å². The summed E-state index contributed by atoms with van der Waals surface area (Å²) in [6, 6.07) is 8.00. The van der Waals surface area contributed by atoms with Gasteiger partial charge in [0.1, 0.15) is 11.6 Å². The number of rotatable bonds is 4. The van der Waals surface area contributed by atoms with Gasteiger partial charge >= 0.3 is 0 Å². The van der Waals surface area contributed by atoms with Crippen LogP contribution in [0.4, 0.5) is 0 Å². The molecule has 1 aromatic heterocycles. The van der Waals surface area contributed by atoms with Crippen LogP contribution in [0.3, 0.4) is 0 Å². The fourth-order valence-corrected chi connectivity index (χ4v) is 3.05. The highest BCUT2D eigenvalue weighted by Crippen LogP contribution is 2.34. The number of aromatic amines is 1. The number of nitrogens with one attached hydrogen (secondary N) is 1. The zero-order valence-corrected chi connectivity index (χ0v) is 13.4. The number of H-pyrrole nitrogens is 1. The van der Waals surface area contributed by atoms with E-state index in [4.69, 9.17) is 14.5 Å². The van der Waals surface area contributed by atoms with Gasteiger partial charge in [-0.2, -0.15) is 5.10 Å². The van der Waals surface area contributed by atoms with Crippen LogP contribution in [-0.2, 0) is 11.2 Å². The zero-order chi connectivity index (χ0) is 15.6. The molecule has 0 spiro atoms. The van der Waals surface area contributed by atoms with Crippen LogP contribution in [0, 0.1) is 0 Å². The quantitative estimate of drug-likeness (QED) is 0.943. The molecule has 1 N–H and O–H groups in total. The molecule has 1 aromatic carbocycles. The van der Waals surface area contributed by atoms with Gasteiger partial charge in [0.05, 0.1) is 12.7 Å². The SMILES string of the molecule is COc1ccccc1Cc1nc(C2CCOC(C)(C)C2)n[nH]1. The average molecular weight is 301 g/mol. The molecule has 118 valence electrons. The van der Waals surface area contributed by atoms with Crippen LogP contribution in [0.25, 0.3) is 0 Å². The van der Waals surface area contributed by atoms with E-state index in [2.05, 4.69) is 30.1 Å². The van der Waals surface area contributed by atoms with Gasteiger partial charge in [-0.3, -0.25) is 5.10 Å². The van der Waals surface area contributed by atoms with Gasteiger partial charge in [0, 0.05) is 24.5 Å². The number of benzene rings is 1. The first-order valence-electron chi connectivity index (χ1n) is 7.74. The van der Waals surface area contributed by atoms with E-state index in [-0.39, 0.29) is 5.60 Å². The van der Waals surface area contributed by atoms with E-state index >= 15 is 0 Å². The standard InChI is InChI=1S/C17H23N3O2/c1-17(2)11-13(8-9-22-17)16-18-15(19-20-16)10-12-6-4-5-7-14(12)21-3/h4-7,13H,8-11H2,1-3H3,(H,18,19,20). The fourth-order valence-electron chi connectivity index (χ4n) is 3.05. The second-order valence-electron chi connectivity index (χ2n) is 6.43. The third-order valence-corrected chi connectivity index (χ3v) is 4.16. The maximum atomic E-state index is 5.77. The minimum absolute atomic E-state index is 0.0909. The normalized spacial score (nSPS) is 20.8. The molecule has 3 rings (SSSR count). The van der Waals surface area contributed by atoms with Gasteiger partial charge in [-0.15, -0.1) is 0 Å². The Hall–Kier alpha value is -1.88. The maximum Gasteiger partial charge on any atom is 0.153 e. The Bertz CT molecular complexity index is 636. The van der Waals surface area contributed by atoms with E-state index in [9.17, 15) is 0 Å². The van der Waals surface area contributed by atoms with Crippen LogP contribution in [0.5, 0.6) is 5.75 Å². The number of hydrogen-bond acceptors (Lipinski definition) is 4. The monoisotopic (exact) mass is 301 g/mol. The van der Waals surface area contributed by atoms with Gasteiger partial charge in [-0.25, -0.2) is 4.98 Å². The molecule has 22 heavy (non-hydrogen) atoms. The van der Waals surface area contributed by atoms with Crippen molar-refractivity contribution in [2.75, 3.05) is 13.7 Å². The summed E-state index contributed by atoms with van der Waals surface area (Å²) in [6.07, 6.45) is 2.64. The van der Waals surface area contributed by atoms with Crippen LogP contribution in [0.1, 0.15) is 49.8 Å². The van der Waals surface area contributed by atoms with Gasteiger partial charge < -0.3 is 9.47 Å². The van der Waals surface area contributed by atoms with E-state index in [0.29, 0.717) is 12.3 Å². The molecule has 1 aliphatic heterocycles. The number of hydrogen-bond donors (Lipinski definition) is 1. The molecular formula is C17H23N3O2. The predicted molar refractivity (Wildman–Crippen MR) is 84.2 cm³/mol. The Morgan fingerprint density at radius 2 is 2.18 bits per heavy atom. The van der Waals surface area contributed by atoms with Crippen molar-refractivity contribution < 1.29 is 9.47 Å². The lowest BCUT2D eigenvalue weighted by atomic mass is 9.88. The number of nitrogens with zero attached hydrogens (tertiary/aromatic N) is 2. The summed E-state index contributed by atoms with van der Waals surface area (Å²) < 4.78 is 11.2. The van der Waals surface area contributed by atoms with Crippen molar-refractivity contribution in [3.8, 4) is 5.75 Å². The number of methoxy groups -OCH3 is 1. The van der Waals surface area contributed by atoms with Crippen molar-refractivity contribution in [1.82, 2.24) is 15.2 Å². The van der Waals surface area contributed by atoms with Crippen molar-refractivity contribution in [2.24, 2.45) is 0 Å². The molecule has 0 bridgehead atoms. The Kier molecular flexibility index (Phi) is 4.16. The lowest BCUT2D eigenvalue weighted by Gasteiger charge is -2.34. The molecule has 0 saturated carbocycles. The largest absolute Gasteiger partial charge is 0.496 e. The van der Waals surface area contributed by atoms with Gasteiger partial charge in [0.2, 0.25) is 0 Å². The average Bonchev–Trinajstić information content (AvgIpc) is 2.95. The number of aromatic nitrogens is 3. The van der Waals surface area contributed by atoms with Crippen LogP contribution >= 0.6 is 0 Å². The topological polar surface area (TPSA) is 60.0 Å². The lowest BCUT2D eigenvalue weighted by molar-refractivity contribution is -0.0602. The molecule has 2 heterocycles. The predicted octanol–water partition coefficient (Wildman–Crippen LogP) is 3.08. The highest BCUT2D eigenvalue weighted by molar-refractivity contribution is 5.35.